The smallest absolute Gasteiger partial charge is 0.244 e. The first kappa shape index (κ1) is 13.3. The van der Waals surface area contributed by atoms with Crippen molar-refractivity contribution >= 4 is 17.2 Å². The van der Waals surface area contributed by atoms with Gasteiger partial charge in [0.2, 0.25) is 5.91 Å². The maximum Gasteiger partial charge on any atom is 0.244 e. The molecule has 0 aliphatic heterocycles. The van der Waals surface area contributed by atoms with Gasteiger partial charge in [-0.1, -0.05) is 0 Å². The summed E-state index contributed by atoms with van der Waals surface area (Å²) in [5.74, 6) is -0.00204. The molecule has 0 saturated carbocycles. The van der Waals surface area contributed by atoms with E-state index in [1.165, 1.54) is 23.4 Å². The first-order chi connectivity index (χ1) is 9.74. The number of amides is 1. The number of aryl methyl sites for hydroxylation is 2. The highest BCUT2D eigenvalue weighted by Crippen LogP contribution is 2.27. The second-order valence-corrected chi connectivity index (χ2v) is 6.20. The average Bonchev–Trinajstić information content (AvgIpc) is 3.13. The van der Waals surface area contributed by atoms with E-state index in [4.69, 9.17) is 0 Å². The summed E-state index contributed by atoms with van der Waals surface area (Å²) in [5, 5.41) is 8.17. The van der Waals surface area contributed by atoms with E-state index >= 15 is 0 Å². The summed E-state index contributed by atoms with van der Waals surface area (Å²) >= 11 is 1.80. The molecule has 20 heavy (non-hydrogen) atoms. The zero-order chi connectivity index (χ0) is 13.9. The Morgan fingerprint density at radius 3 is 3.20 bits per heavy atom. The van der Waals surface area contributed by atoms with Crippen LogP contribution in [0.2, 0.25) is 0 Å². The summed E-state index contributed by atoms with van der Waals surface area (Å²) in [4.78, 5) is 18.1. The van der Waals surface area contributed by atoms with Gasteiger partial charge in [-0.05, 0) is 32.3 Å². The van der Waals surface area contributed by atoms with Crippen LogP contribution < -0.4 is 5.32 Å². The van der Waals surface area contributed by atoms with Crippen molar-refractivity contribution in [3.63, 3.8) is 0 Å². The van der Waals surface area contributed by atoms with Crippen molar-refractivity contribution < 1.29 is 4.79 Å². The minimum absolute atomic E-state index is 0.00204. The monoisotopic (exact) mass is 290 g/mol. The maximum absolute atomic E-state index is 12.0. The van der Waals surface area contributed by atoms with Crippen LogP contribution in [-0.4, -0.2) is 27.2 Å². The second-order valence-electron chi connectivity index (χ2n) is 5.03. The molecule has 1 N–H and O–H groups in total. The summed E-state index contributed by atoms with van der Waals surface area (Å²) < 4.78 is 1.66. The Labute approximate surface area is 122 Å². The van der Waals surface area contributed by atoms with Crippen molar-refractivity contribution in [2.45, 2.75) is 38.6 Å². The van der Waals surface area contributed by atoms with Gasteiger partial charge >= 0.3 is 0 Å². The van der Waals surface area contributed by atoms with Crippen molar-refractivity contribution in [3.8, 4) is 0 Å². The van der Waals surface area contributed by atoms with Crippen molar-refractivity contribution in [1.82, 2.24) is 20.1 Å². The fourth-order valence-corrected chi connectivity index (χ4v) is 3.58. The highest BCUT2D eigenvalue weighted by molar-refractivity contribution is 7.11. The molecular weight excluding hydrogens is 272 g/mol. The van der Waals surface area contributed by atoms with Gasteiger partial charge in [-0.15, -0.1) is 11.3 Å². The number of rotatable bonds is 5. The molecule has 0 spiro atoms. The highest BCUT2D eigenvalue weighted by atomic mass is 32.1. The fraction of sp³-hybridized carbons (Fsp3) is 0.500. The van der Waals surface area contributed by atoms with Gasteiger partial charge in [-0.3, -0.25) is 9.48 Å². The van der Waals surface area contributed by atoms with E-state index in [0.29, 0.717) is 6.54 Å². The minimum Gasteiger partial charge on any atom is -0.354 e. The normalized spacial score (nSPS) is 15.1. The average molecular weight is 290 g/mol. The zero-order valence-electron chi connectivity index (χ0n) is 11.5. The number of nitrogens with one attached hydrogen (secondary N) is 1. The van der Waals surface area contributed by atoms with Crippen LogP contribution >= 0.6 is 11.3 Å². The largest absolute Gasteiger partial charge is 0.354 e. The molecule has 0 fully saturated rings. The van der Waals surface area contributed by atoms with Gasteiger partial charge in [0.1, 0.15) is 6.04 Å². The first-order valence-electron chi connectivity index (χ1n) is 6.98. The Balaban J connectivity index is 1.48. The van der Waals surface area contributed by atoms with Gasteiger partial charge < -0.3 is 5.32 Å². The van der Waals surface area contributed by atoms with Crippen LogP contribution in [0.5, 0.6) is 0 Å². The summed E-state index contributed by atoms with van der Waals surface area (Å²) in [6, 6.07) is 1.55. The molecular formula is C14H18N4OS. The molecule has 1 amide bonds. The lowest BCUT2D eigenvalue weighted by atomic mass is 10.3. The Morgan fingerprint density at radius 2 is 2.45 bits per heavy atom. The van der Waals surface area contributed by atoms with Crippen LogP contribution in [0.4, 0.5) is 0 Å². The van der Waals surface area contributed by atoms with Crippen molar-refractivity contribution in [3.05, 3.63) is 34.0 Å². The van der Waals surface area contributed by atoms with Crippen molar-refractivity contribution in [2.75, 3.05) is 6.54 Å². The fourth-order valence-electron chi connectivity index (χ4n) is 2.42. The highest BCUT2D eigenvalue weighted by Gasteiger charge is 2.17. The summed E-state index contributed by atoms with van der Waals surface area (Å²) in [7, 11) is 0. The van der Waals surface area contributed by atoms with Crippen LogP contribution in [0.25, 0.3) is 0 Å². The molecule has 3 rings (SSSR count). The molecule has 2 aromatic heterocycles. The molecule has 0 saturated heterocycles. The number of carbonyl (C=O) groups is 1. The lowest BCUT2D eigenvalue weighted by Crippen LogP contribution is -2.32. The molecule has 1 atom stereocenters. The van der Waals surface area contributed by atoms with Gasteiger partial charge in [-0.2, -0.15) is 5.10 Å². The first-order valence-corrected chi connectivity index (χ1v) is 7.80. The van der Waals surface area contributed by atoms with E-state index in [2.05, 4.69) is 15.4 Å². The van der Waals surface area contributed by atoms with Crippen LogP contribution in [0.3, 0.4) is 0 Å². The Kier molecular flexibility index (Phi) is 3.82. The lowest BCUT2D eigenvalue weighted by molar-refractivity contribution is -0.124. The molecule has 106 valence electrons. The van der Waals surface area contributed by atoms with Crippen molar-refractivity contribution in [1.29, 1.82) is 0 Å². The topological polar surface area (TPSA) is 59.8 Å². The number of nitrogens with zero attached hydrogens (tertiary/aromatic N) is 3. The predicted molar refractivity (Wildman–Crippen MR) is 77.8 cm³/mol. The van der Waals surface area contributed by atoms with Gasteiger partial charge in [0.15, 0.2) is 0 Å². The van der Waals surface area contributed by atoms with E-state index in [1.54, 1.807) is 28.4 Å². The third-order valence-corrected chi connectivity index (χ3v) is 4.80. The van der Waals surface area contributed by atoms with E-state index in [-0.39, 0.29) is 11.9 Å². The lowest BCUT2D eigenvalue weighted by Gasteiger charge is -2.12. The molecule has 0 bridgehead atoms. The third-order valence-electron chi connectivity index (χ3n) is 3.58. The molecule has 6 heteroatoms. The van der Waals surface area contributed by atoms with Gasteiger partial charge in [0.25, 0.3) is 0 Å². The quantitative estimate of drug-likeness (QED) is 0.912. The molecule has 0 radical (unpaired) electrons. The Hall–Kier alpha value is -1.69. The van der Waals surface area contributed by atoms with Gasteiger partial charge in [-0.25, -0.2) is 4.98 Å². The Bertz CT molecular complexity index is 569. The maximum atomic E-state index is 12.0. The number of thiazole rings is 1. The summed E-state index contributed by atoms with van der Waals surface area (Å²) in [5.41, 5.74) is 1.28. The minimum atomic E-state index is -0.272. The van der Waals surface area contributed by atoms with Crippen LogP contribution in [0.1, 0.15) is 35.0 Å². The third kappa shape index (κ3) is 2.75. The van der Waals surface area contributed by atoms with Crippen molar-refractivity contribution in [2.24, 2.45) is 0 Å². The number of hydrogen-bond donors (Lipinski definition) is 1. The standard InChI is InChI=1S/C14H18N4OS/c1-10(18-9-3-7-16-18)14(19)15-8-6-13-17-11-4-2-5-12(11)20-13/h3,7,9-10H,2,4-6,8H2,1H3,(H,15,19)/t10-/m0/s1. The molecule has 5 nitrogen and oxygen atoms in total. The number of fused-ring (bicyclic) bond motifs is 1. The summed E-state index contributed by atoms with van der Waals surface area (Å²) in [6.45, 7) is 2.48. The SMILES string of the molecule is C[C@@H](C(=O)NCCc1nc2c(s1)CCC2)n1cccn1. The van der Waals surface area contributed by atoms with Crippen LogP contribution in [-0.2, 0) is 24.1 Å². The second kappa shape index (κ2) is 5.75. The summed E-state index contributed by atoms with van der Waals surface area (Å²) in [6.07, 6.45) is 7.84. The molecule has 0 aromatic carbocycles. The van der Waals surface area contributed by atoms with Crippen LogP contribution in [0, 0.1) is 0 Å². The Morgan fingerprint density at radius 1 is 1.55 bits per heavy atom. The van der Waals surface area contributed by atoms with E-state index in [0.717, 1.165) is 17.8 Å². The molecule has 0 unspecified atom stereocenters. The molecule has 1 aliphatic carbocycles. The number of aromatic nitrogens is 3. The molecule has 2 aromatic rings. The van der Waals surface area contributed by atoms with Gasteiger partial charge in [0.05, 0.1) is 10.7 Å². The van der Waals surface area contributed by atoms with E-state index < -0.39 is 0 Å². The number of carbonyl (C=O) groups excluding carboxylic acids is 1. The zero-order valence-corrected chi connectivity index (χ0v) is 12.3. The van der Waals surface area contributed by atoms with Crippen LogP contribution in [0.15, 0.2) is 18.5 Å². The number of hydrogen-bond acceptors (Lipinski definition) is 4. The van der Waals surface area contributed by atoms with Gasteiger partial charge in [0, 0.05) is 30.2 Å². The molecule has 1 aliphatic rings. The predicted octanol–water partition coefficient (Wildman–Crippen LogP) is 1.75. The molecule has 2 heterocycles. The van der Waals surface area contributed by atoms with E-state index in [9.17, 15) is 4.79 Å². The van der Waals surface area contributed by atoms with E-state index in [1.807, 2.05) is 13.0 Å².